The van der Waals surface area contributed by atoms with Gasteiger partial charge in [0, 0.05) is 54.6 Å². The van der Waals surface area contributed by atoms with Crippen molar-refractivity contribution < 1.29 is 43.2 Å². The SMILES string of the molecule is CC(C)=CCC[C@]1(C)C=Cc2c(O)c3c(c(CC=C(C)C)c2O1)O[C@]12C(=C[C@@H]4CC1C(C)(C)O[C@@]2(C/C=C(/C)C(=O)OCCCN1CCOCC1)C4=O)C3=O. The number of rotatable bonds is 12. The quantitative estimate of drug-likeness (QED) is 0.0999. The molecule has 7 aliphatic rings. The van der Waals surface area contributed by atoms with Crippen LogP contribution in [-0.4, -0.2) is 89.4 Å². The van der Waals surface area contributed by atoms with Crippen molar-refractivity contribution in [3.63, 3.8) is 0 Å². The predicted octanol–water partition coefficient (Wildman–Crippen LogP) is 7.42. The highest BCUT2D eigenvalue weighted by Gasteiger charge is 2.81. The van der Waals surface area contributed by atoms with Crippen molar-refractivity contribution in [2.45, 2.75) is 116 Å². The molecular weight excluding hydrogens is 698 g/mol. The molecular formula is C45H57NO9. The number of benzene rings is 1. The van der Waals surface area contributed by atoms with Crippen LogP contribution in [0.15, 0.2) is 52.7 Å². The van der Waals surface area contributed by atoms with Crippen molar-refractivity contribution in [1.29, 1.82) is 0 Å². The number of esters is 1. The van der Waals surface area contributed by atoms with Gasteiger partial charge in [-0.2, -0.15) is 0 Å². The van der Waals surface area contributed by atoms with Gasteiger partial charge in [-0.25, -0.2) is 4.79 Å². The van der Waals surface area contributed by atoms with Crippen LogP contribution in [0.25, 0.3) is 6.08 Å². The highest BCUT2D eigenvalue weighted by atomic mass is 16.6. The van der Waals surface area contributed by atoms with E-state index >= 15 is 0 Å². The number of ether oxygens (including phenoxy) is 5. The van der Waals surface area contributed by atoms with Gasteiger partial charge in [0.25, 0.3) is 0 Å². The Labute approximate surface area is 325 Å². The summed E-state index contributed by atoms with van der Waals surface area (Å²) >= 11 is 0. The van der Waals surface area contributed by atoms with Gasteiger partial charge in [-0.05, 0) is 99.6 Å². The van der Waals surface area contributed by atoms with E-state index in [0.717, 1.165) is 31.6 Å². The van der Waals surface area contributed by atoms with Crippen molar-refractivity contribution in [3.8, 4) is 17.2 Å². The molecule has 1 N–H and O–H groups in total. The van der Waals surface area contributed by atoms with Crippen LogP contribution in [0.2, 0.25) is 0 Å². The molecule has 4 heterocycles. The minimum absolute atomic E-state index is 0.0127. The first kappa shape index (κ1) is 39.3. The maximum atomic E-state index is 15.0. The predicted molar refractivity (Wildman–Crippen MR) is 209 cm³/mol. The Morgan fingerprint density at radius 3 is 2.44 bits per heavy atom. The van der Waals surface area contributed by atoms with Crippen LogP contribution in [-0.2, 0) is 30.2 Å². The van der Waals surface area contributed by atoms with Crippen molar-refractivity contribution in [2.24, 2.45) is 11.8 Å². The van der Waals surface area contributed by atoms with E-state index in [2.05, 4.69) is 30.9 Å². The molecule has 0 aromatic heterocycles. The molecule has 1 unspecified atom stereocenters. The van der Waals surface area contributed by atoms with E-state index in [4.69, 9.17) is 23.7 Å². The van der Waals surface area contributed by atoms with Crippen molar-refractivity contribution in [1.82, 2.24) is 4.90 Å². The molecule has 0 amide bonds. The smallest absolute Gasteiger partial charge is 0.333 e. The number of phenols is 1. The van der Waals surface area contributed by atoms with Gasteiger partial charge in [0.15, 0.2) is 22.8 Å². The second-order valence-electron chi connectivity index (χ2n) is 17.4. The summed E-state index contributed by atoms with van der Waals surface area (Å²) in [6.07, 6.45) is 14.6. The molecule has 0 radical (unpaired) electrons. The van der Waals surface area contributed by atoms with E-state index in [1.54, 1.807) is 19.1 Å². The first-order chi connectivity index (χ1) is 26.0. The van der Waals surface area contributed by atoms with E-state index in [1.807, 2.05) is 46.8 Å². The van der Waals surface area contributed by atoms with E-state index in [0.29, 0.717) is 66.9 Å². The molecule has 1 aromatic rings. The summed E-state index contributed by atoms with van der Waals surface area (Å²) in [4.78, 5) is 45.2. The lowest BCUT2D eigenvalue weighted by molar-refractivity contribution is -0.171. The van der Waals surface area contributed by atoms with Crippen LogP contribution in [0.5, 0.6) is 17.2 Å². The fraction of sp³-hybridized carbons (Fsp3) is 0.578. The van der Waals surface area contributed by atoms with E-state index in [9.17, 15) is 19.5 Å². The standard InChI is InChI=1S/C45H57NO9/c1-27(2)11-9-16-43(8)17-15-31-36(47)35-37(48)33-25-30-26-34-42(6,7)55-44(40(30)49,45(33,34)54-39(35)32(38(31)53-43)13-12-28(3)4)18-14-29(5)41(50)52-22-10-19-46-20-23-51-24-21-46/h11-12,14-15,17,25,30,34,47H,9-10,13,16,18-24,26H2,1-8H3/b29-14-/t30-,34?,43-,44+,45-/m1/s1. The molecule has 1 spiro atoms. The summed E-state index contributed by atoms with van der Waals surface area (Å²) in [5.74, 6) is -1.46. The van der Waals surface area contributed by atoms with Gasteiger partial charge in [-0.3, -0.25) is 14.5 Å². The lowest BCUT2D eigenvalue weighted by Gasteiger charge is -2.56. The molecule has 3 aliphatic carbocycles. The lowest BCUT2D eigenvalue weighted by Crippen LogP contribution is -2.72. The summed E-state index contributed by atoms with van der Waals surface area (Å²) in [5.41, 5.74) is -0.491. The minimum Gasteiger partial charge on any atom is -0.506 e. The summed E-state index contributed by atoms with van der Waals surface area (Å²) in [7, 11) is 0. The van der Waals surface area contributed by atoms with Gasteiger partial charge in [0.1, 0.15) is 28.4 Å². The first-order valence-corrected chi connectivity index (χ1v) is 19.9. The Hall–Kier alpha value is -3.99. The number of carbonyl (C=O) groups is 3. The number of allylic oxidation sites excluding steroid dienone is 5. The maximum Gasteiger partial charge on any atom is 0.333 e. The topological polar surface area (TPSA) is 121 Å². The van der Waals surface area contributed by atoms with Crippen LogP contribution < -0.4 is 9.47 Å². The average Bonchev–Trinajstić information content (AvgIpc) is 3.29. The highest BCUT2D eigenvalue weighted by molar-refractivity contribution is 6.19. The number of aromatic hydroxyl groups is 1. The maximum absolute atomic E-state index is 15.0. The molecule has 8 rings (SSSR count). The molecule has 1 aromatic carbocycles. The third kappa shape index (κ3) is 6.61. The fourth-order valence-electron chi connectivity index (χ4n) is 9.56. The third-order valence-electron chi connectivity index (χ3n) is 12.4. The number of hydrogen-bond donors (Lipinski definition) is 1. The Balaban J connectivity index is 1.27. The Bertz CT molecular complexity index is 1940. The summed E-state index contributed by atoms with van der Waals surface area (Å²) in [6.45, 7) is 20.0. The molecule has 1 saturated carbocycles. The molecule has 3 fully saturated rings. The highest BCUT2D eigenvalue weighted by Crippen LogP contribution is 2.68. The molecule has 10 heteroatoms. The minimum atomic E-state index is -1.60. The molecule has 55 heavy (non-hydrogen) atoms. The number of Topliss-reactive ketones (excluding diaryl/α,β-unsaturated/α-hetero) is 2. The molecule has 4 bridgehead atoms. The summed E-state index contributed by atoms with van der Waals surface area (Å²) in [6, 6.07) is 0. The van der Waals surface area contributed by atoms with Gasteiger partial charge < -0.3 is 28.8 Å². The number of ketones is 2. The Morgan fingerprint density at radius 2 is 1.73 bits per heavy atom. The molecule has 4 aliphatic heterocycles. The zero-order valence-corrected chi connectivity index (χ0v) is 33.8. The van der Waals surface area contributed by atoms with Gasteiger partial charge in [0.2, 0.25) is 0 Å². The van der Waals surface area contributed by atoms with Gasteiger partial charge >= 0.3 is 5.97 Å². The van der Waals surface area contributed by atoms with Gasteiger partial charge in [0.05, 0.1) is 31.0 Å². The number of morpholine rings is 1. The van der Waals surface area contributed by atoms with Crippen LogP contribution in [0.4, 0.5) is 0 Å². The molecule has 5 atom stereocenters. The van der Waals surface area contributed by atoms with E-state index in [1.165, 1.54) is 5.57 Å². The normalized spacial score (nSPS) is 30.0. The van der Waals surface area contributed by atoms with Gasteiger partial charge in [-0.15, -0.1) is 0 Å². The van der Waals surface area contributed by atoms with Crippen LogP contribution in [0.1, 0.15) is 109 Å². The molecule has 10 nitrogen and oxygen atoms in total. The lowest BCUT2D eigenvalue weighted by atomic mass is 9.51. The second kappa shape index (κ2) is 14.5. The Morgan fingerprint density at radius 1 is 1.00 bits per heavy atom. The average molecular weight is 756 g/mol. The molecule has 2 saturated heterocycles. The zero-order valence-electron chi connectivity index (χ0n) is 33.8. The summed E-state index contributed by atoms with van der Waals surface area (Å²) in [5, 5.41) is 11.9. The number of nitrogens with zero attached hydrogens (tertiary/aromatic N) is 1. The Kier molecular flexibility index (Phi) is 10.4. The van der Waals surface area contributed by atoms with Crippen LogP contribution >= 0.6 is 0 Å². The van der Waals surface area contributed by atoms with Gasteiger partial charge in [-0.1, -0.05) is 35.5 Å². The van der Waals surface area contributed by atoms with Crippen molar-refractivity contribution >= 4 is 23.6 Å². The molecule has 296 valence electrons. The largest absolute Gasteiger partial charge is 0.506 e. The van der Waals surface area contributed by atoms with E-state index < -0.39 is 34.3 Å². The van der Waals surface area contributed by atoms with Crippen molar-refractivity contribution in [3.05, 3.63) is 69.4 Å². The van der Waals surface area contributed by atoms with Crippen LogP contribution in [0, 0.1) is 11.8 Å². The van der Waals surface area contributed by atoms with Crippen molar-refractivity contribution in [2.75, 3.05) is 39.5 Å². The number of phenolic OH excluding ortho intramolecular Hbond substituents is 1. The zero-order chi connectivity index (χ0) is 39.5. The fourth-order valence-corrected chi connectivity index (χ4v) is 9.56. The first-order valence-electron chi connectivity index (χ1n) is 19.9. The number of hydrogen-bond acceptors (Lipinski definition) is 10. The summed E-state index contributed by atoms with van der Waals surface area (Å²) < 4.78 is 32.1. The van der Waals surface area contributed by atoms with Crippen LogP contribution in [0.3, 0.4) is 0 Å². The third-order valence-corrected chi connectivity index (χ3v) is 12.4. The van der Waals surface area contributed by atoms with E-state index in [-0.39, 0.29) is 47.6 Å². The number of fused-ring (bicyclic) bond motifs is 2. The number of carbonyl (C=O) groups excluding carboxylic acids is 3. The monoisotopic (exact) mass is 755 g/mol. The second-order valence-corrected chi connectivity index (χ2v) is 17.4.